The average molecular weight is 257 g/mol. The van der Waals surface area contributed by atoms with Crippen LogP contribution in [0.2, 0.25) is 5.02 Å². The molecule has 0 amide bonds. The normalized spacial score (nSPS) is 25.0. The number of benzene rings is 1. The second-order valence-corrected chi connectivity index (χ2v) is 4.80. The van der Waals surface area contributed by atoms with Crippen LogP contribution < -0.4 is 10.6 Å². The van der Waals surface area contributed by atoms with Gasteiger partial charge in [0.1, 0.15) is 0 Å². The van der Waals surface area contributed by atoms with Crippen molar-refractivity contribution >= 4 is 23.0 Å². The number of anilines is 2. The number of hydrogen-bond donors (Lipinski definition) is 2. The first-order chi connectivity index (χ1) is 8.10. The summed E-state index contributed by atoms with van der Waals surface area (Å²) >= 11 is 5.98. The standard InChI is InChI=1S/C12H17ClN2O2/c1-8-5-15(6-10(7-16)17-8)12-4-9(13)2-3-11(12)14/h2-4,8,10,16H,5-7,14H2,1H3. The van der Waals surface area contributed by atoms with Gasteiger partial charge in [-0.1, -0.05) is 11.6 Å². The van der Waals surface area contributed by atoms with Gasteiger partial charge in [0.15, 0.2) is 0 Å². The zero-order valence-corrected chi connectivity index (χ0v) is 10.5. The molecular weight excluding hydrogens is 240 g/mol. The number of hydrogen-bond acceptors (Lipinski definition) is 4. The zero-order valence-electron chi connectivity index (χ0n) is 9.77. The average Bonchev–Trinajstić information content (AvgIpc) is 2.31. The van der Waals surface area contributed by atoms with Gasteiger partial charge >= 0.3 is 0 Å². The van der Waals surface area contributed by atoms with Crippen LogP contribution in [-0.2, 0) is 4.74 Å². The van der Waals surface area contributed by atoms with Crippen LogP contribution in [0.1, 0.15) is 6.92 Å². The van der Waals surface area contributed by atoms with Crippen molar-refractivity contribution in [2.75, 3.05) is 30.3 Å². The fourth-order valence-corrected chi connectivity index (χ4v) is 2.30. The molecule has 5 heteroatoms. The van der Waals surface area contributed by atoms with Crippen LogP contribution in [-0.4, -0.2) is 37.0 Å². The van der Waals surface area contributed by atoms with Crippen LogP contribution >= 0.6 is 11.6 Å². The number of aliphatic hydroxyl groups excluding tert-OH is 1. The Morgan fingerprint density at radius 3 is 3.00 bits per heavy atom. The van der Waals surface area contributed by atoms with E-state index in [1.807, 2.05) is 13.0 Å². The van der Waals surface area contributed by atoms with Gasteiger partial charge in [-0.25, -0.2) is 0 Å². The Morgan fingerprint density at radius 2 is 2.29 bits per heavy atom. The van der Waals surface area contributed by atoms with Crippen LogP contribution in [0, 0.1) is 0 Å². The second kappa shape index (κ2) is 5.12. The molecule has 0 spiro atoms. The number of ether oxygens (including phenoxy) is 1. The van der Waals surface area contributed by atoms with Gasteiger partial charge in [0.2, 0.25) is 0 Å². The van der Waals surface area contributed by atoms with Gasteiger partial charge in [0.25, 0.3) is 0 Å². The summed E-state index contributed by atoms with van der Waals surface area (Å²) in [4.78, 5) is 2.11. The minimum atomic E-state index is -0.169. The van der Waals surface area contributed by atoms with Crippen molar-refractivity contribution in [2.24, 2.45) is 0 Å². The third kappa shape index (κ3) is 2.83. The number of nitrogen functional groups attached to an aromatic ring is 1. The molecule has 17 heavy (non-hydrogen) atoms. The van der Waals surface area contributed by atoms with Crippen LogP contribution in [0.15, 0.2) is 18.2 Å². The van der Waals surface area contributed by atoms with Crippen molar-refractivity contribution in [1.82, 2.24) is 0 Å². The molecule has 1 aliphatic rings. The van der Waals surface area contributed by atoms with Gasteiger partial charge in [-0.05, 0) is 25.1 Å². The lowest BCUT2D eigenvalue weighted by molar-refractivity contribution is -0.0420. The van der Waals surface area contributed by atoms with Crippen molar-refractivity contribution < 1.29 is 9.84 Å². The van der Waals surface area contributed by atoms with E-state index in [1.165, 1.54) is 0 Å². The van der Waals surface area contributed by atoms with Gasteiger partial charge in [0, 0.05) is 18.1 Å². The summed E-state index contributed by atoms with van der Waals surface area (Å²) in [6.45, 7) is 3.38. The maximum Gasteiger partial charge on any atom is 0.0984 e. The minimum absolute atomic E-state index is 0.0152. The Balaban J connectivity index is 2.23. The van der Waals surface area contributed by atoms with Crippen molar-refractivity contribution in [1.29, 1.82) is 0 Å². The quantitative estimate of drug-likeness (QED) is 0.788. The van der Waals surface area contributed by atoms with Gasteiger partial charge in [0.05, 0.1) is 30.2 Å². The molecule has 2 unspecified atom stereocenters. The lowest BCUT2D eigenvalue weighted by Gasteiger charge is -2.38. The molecule has 1 aliphatic heterocycles. The number of morpholine rings is 1. The molecule has 4 nitrogen and oxygen atoms in total. The molecule has 1 fully saturated rings. The van der Waals surface area contributed by atoms with Gasteiger partial charge in [-0.15, -0.1) is 0 Å². The third-order valence-electron chi connectivity index (χ3n) is 2.86. The highest BCUT2D eigenvalue weighted by Crippen LogP contribution is 2.29. The lowest BCUT2D eigenvalue weighted by Crippen LogP contribution is -2.48. The smallest absolute Gasteiger partial charge is 0.0984 e. The van der Waals surface area contributed by atoms with E-state index in [4.69, 9.17) is 22.1 Å². The molecule has 0 aromatic heterocycles. The predicted molar refractivity (Wildman–Crippen MR) is 69.5 cm³/mol. The highest BCUT2D eigenvalue weighted by Gasteiger charge is 2.25. The maximum absolute atomic E-state index is 9.19. The van der Waals surface area contributed by atoms with Crippen LogP contribution in [0.5, 0.6) is 0 Å². The maximum atomic E-state index is 9.19. The fourth-order valence-electron chi connectivity index (χ4n) is 2.13. The Morgan fingerprint density at radius 1 is 1.53 bits per heavy atom. The molecule has 0 radical (unpaired) electrons. The third-order valence-corrected chi connectivity index (χ3v) is 3.10. The Labute approximate surface area is 106 Å². The molecule has 1 heterocycles. The van der Waals surface area contributed by atoms with Gasteiger partial charge in [-0.3, -0.25) is 0 Å². The van der Waals surface area contributed by atoms with E-state index in [2.05, 4.69) is 4.90 Å². The predicted octanol–water partition coefficient (Wildman–Crippen LogP) is 1.51. The molecule has 1 aromatic carbocycles. The summed E-state index contributed by atoms with van der Waals surface area (Å²) in [5, 5.41) is 9.85. The van der Waals surface area contributed by atoms with Crippen molar-refractivity contribution in [3.05, 3.63) is 23.2 Å². The van der Waals surface area contributed by atoms with Crippen LogP contribution in [0.4, 0.5) is 11.4 Å². The number of nitrogens with two attached hydrogens (primary N) is 1. The largest absolute Gasteiger partial charge is 0.397 e. The zero-order chi connectivity index (χ0) is 12.4. The van der Waals surface area contributed by atoms with E-state index in [0.717, 1.165) is 12.2 Å². The van der Waals surface area contributed by atoms with Gasteiger partial charge in [-0.2, -0.15) is 0 Å². The minimum Gasteiger partial charge on any atom is -0.397 e. The SMILES string of the molecule is CC1CN(c2cc(Cl)ccc2N)CC(CO)O1. The monoisotopic (exact) mass is 256 g/mol. The molecule has 2 atom stereocenters. The Bertz CT molecular complexity index is 400. The molecule has 0 aliphatic carbocycles. The first-order valence-corrected chi connectivity index (χ1v) is 6.04. The highest BCUT2D eigenvalue weighted by atomic mass is 35.5. The lowest BCUT2D eigenvalue weighted by atomic mass is 10.1. The van der Waals surface area contributed by atoms with Crippen LogP contribution in [0.25, 0.3) is 0 Å². The van der Waals surface area contributed by atoms with E-state index < -0.39 is 0 Å². The number of aliphatic hydroxyl groups is 1. The van der Waals surface area contributed by atoms with E-state index in [-0.39, 0.29) is 18.8 Å². The topological polar surface area (TPSA) is 58.7 Å². The first kappa shape index (κ1) is 12.5. The summed E-state index contributed by atoms with van der Waals surface area (Å²) in [6, 6.07) is 5.42. The van der Waals surface area contributed by atoms with Gasteiger partial charge < -0.3 is 20.5 Å². The molecule has 3 N–H and O–H groups in total. The van der Waals surface area contributed by atoms with E-state index in [0.29, 0.717) is 17.3 Å². The molecule has 94 valence electrons. The Hall–Kier alpha value is -0.970. The van der Waals surface area contributed by atoms with E-state index in [9.17, 15) is 5.11 Å². The summed E-state index contributed by atoms with van der Waals surface area (Å²) in [5.74, 6) is 0. The number of nitrogens with zero attached hydrogens (tertiary/aromatic N) is 1. The molecule has 1 saturated heterocycles. The fraction of sp³-hybridized carbons (Fsp3) is 0.500. The van der Waals surface area contributed by atoms with E-state index in [1.54, 1.807) is 12.1 Å². The summed E-state index contributed by atoms with van der Waals surface area (Å²) < 4.78 is 5.59. The van der Waals surface area contributed by atoms with Crippen LogP contribution in [0.3, 0.4) is 0 Å². The molecule has 0 bridgehead atoms. The molecule has 1 aromatic rings. The van der Waals surface area contributed by atoms with Crippen molar-refractivity contribution in [3.63, 3.8) is 0 Å². The van der Waals surface area contributed by atoms with Crippen molar-refractivity contribution in [2.45, 2.75) is 19.1 Å². The highest BCUT2D eigenvalue weighted by molar-refractivity contribution is 6.31. The summed E-state index contributed by atoms with van der Waals surface area (Å²) in [7, 11) is 0. The van der Waals surface area contributed by atoms with E-state index >= 15 is 0 Å². The number of rotatable bonds is 2. The molecular formula is C12H17ClN2O2. The molecule has 0 saturated carbocycles. The first-order valence-electron chi connectivity index (χ1n) is 5.66. The molecule has 2 rings (SSSR count). The van der Waals surface area contributed by atoms with Crippen molar-refractivity contribution in [3.8, 4) is 0 Å². The summed E-state index contributed by atoms with van der Waals surface area (Å²) in [6.07, 6.45) is -0.101. The second-order valence-electron chi connectivity index (χ2n) is 4.36. The number of halogens is 1. The summed E-state index contributed by atoms with van der Waals surface area (Å²) in [5.41, 5.74) is 7.55. The Kier molecular flexibility index (Phi) is 3.76.